The first kappa shape index (κ1) is 23.9. The fourth-order valence-corrected chi connectivity index (χ4v) is 4.37. The van der Waals surface area contributed by atoms with Crippen LogP contribution in [0.15, 0.2) is 28.2 Å². The molecule has 32 heavy (non-hydrogen) atoms. The molecule has 9 nitrogen and oxygen atoms in total. The third-order valence-corrected chi connectivity index (χ3v) is 5.65. The van der Waals surface area contributed by atoms with Crippen LogP contribution in [0.4, 0.5) is 5.13 Å². The van der Waals surface area contributed by atoms with Crippen molar-refractivity contribution < 1.29 is 23.5 Å². The van der Waals surface area contributed by atoms with E-state index in [1.165, 1.54) is 22.5 Å². The summed E-state index contributed by atoms with van der Waals surface area (Å²) in [5.74, 6) is -0.320. The monoisotopic (exact) mass is 462 g/mol. The summed E-state index contributed by atoms with van der Waals surface area (Å²) in [6, 6.07) is 3.21. The number of rotatable bonds is 8. The predicted molar refractivity (Wildman–Crippen MR) is 120 cm³/mol. The second-order valence-electron chi connectivity index (χ2n) is 8.48. The molecule has 10 heteroatoms. The molecule has 1 aliphatic rings. The molecule has 2 atom stereocenters. The van der Waals surface area contributed by atoms with Gasteiger partial charge in [-0.2, -0.15) is 0 Å². The van der Waals surface area contributed by atoms with Crippen molar-refractivity contribution >= 4 is 34.2 Å². The number of anilines is 1. The van der Waals surface area contributed by atoms with Crippen LogP contribution in [0.3, 0.4) is 0 Å². The van der Waals surface area contributed by atoms with Crippen LogP contribution in [0.25, 0.3) is 0 Å². The quantitative estimate of drug-likeness (QED) is 0.647. The minimum Gasteiger partial charge on any atom is -0.459 e. The van der Waals surface area contributed by atoms with E-state index in [0.717, 1.165) is 0 Å². The van der Waals surface area contributed by atoms with E-state index in [-0.39, 0.29) is 54.6 Å². The van der Waals surface area contributed by atoms with Gasteiger partial charge in [-0.15, -0.1) is 11.3 Å². The van der Waals surface area contributed by atoms with E-state index in [9.17, 15) is 14.4 Å². The molecule has 3 rings (SSSR count). The topological polar surface area (TPSA) is 105 Å². The number of hydrogen-bond donors (Lipinski definition) is 1. The van der Waals surface area contributed by atoms with Crippen LogP contribution >= 0.6 is 11.3 Å². The van der Waals surface area contributed by atoms with Gasteiger partial charge in [0.05, 0.1) is 30.6 Å². The Balaban J connectivity index is 1.56. The highest BCUT2D eigenvalue weighted by Gasteiger charge is 2.26. The number of nitrogens with one attached hydrogen (secondary N) is 1. The third kappa shape index (κ3) is 6.64. The average Bonchev–Trinajstić information content (AvgIpc) is 3.38. The lowest BCUT2D eigenvalue weighted by atomic mass is 10.2. The van der Waals surface area contributed by atoms with E-state index >= 15 is 0 Å². The molecular weight excluding hydrogens is 432 g/mol. The smallest absolute Gasteiger partial charge is 0.290 e. The van der Waals surface area contributed by atoms with Crippen molar-refractivity contribution in [2.75, 3.05) is 31.5 Å². The Kier molecular flexibility index (Phi) is 8.03. The molecule has 0 saturated carbocycles. The first-order valence-corrected chi connectivity index (χ1v) is 11.6. The molecule has 3 amide bonds. The van der Waals surface area contributed by atoms with Crippen molar-refractivity contribution in [2.24, 2.45) is 5.92 Å². The third-order valence-electron chi connectivity index (χ3n) is 4.84. The maximum Gasteiger partial charge on any atom is 0.290 e. The fraction of sp³-hybridized carbons (Fsp3) is 0.545. The lowest BCUT2D eigenvalue weighted by Crippen LogP contribution is -2.48. The molecule has 0 aromatic carbocycles. The first-order chi connectivity index (χ1) is 15.2. The molecule has 174 valence electrons. The molecule has 0 spiro atoms. The number of carbonyl (C=O) groups excluding carboxylic acids is 3. The van der Waals surface area contributed by atoms with Crippen LogP contribution in [-0.2, 0) is 20.7 Å². The second kappa shape index (κ2) is 10.7. The summed E-state index contributed by atoms with van der Waals surface area (Å²) in [6.45, 7) is 9.27. The van der Waals surface area contributed by atoms with E-state index in [1.54, 1.807) is 22.4 Å². The molecule has 2 unspecified atom stereocenters. The zero-order valence-corrected chi connectivity index (χ0v) is 19.7. The van der Waals surface area contributed by atoms with Crippen molar-refractivity contribution in [1.29, 1.82) is 0 Å². The Morgan fingerprint density at radius 1 is 1.28 bits per heavy atom. The number of carbonyl (C=O) groups is 3. The Morgan fingerprint density at radius 2 is 2.00 bits per heavy atom. The normalized spacial score (nSPS) is 18.6. The van der Waals surface area contributed by atoms with E-state index in [2.05, 4.69) is 10.3 Å². The van der Waals surface area contributed by atoms with E-state index in [0.29, 0.717) is 30.5 Å². The lowest BCUT2D eigenvalue weighted by molar-refractivity contribution is -0.142. The number of nitrogens with zero attached hydrogens (tertiary/aromatic N) is 3. The van der Waals surface area contributed by atoms with Crippen molar-refractivity contribution in [3.05, 3.63) is 35.2 Å². The number of aromatic nitrogens is 1. The molecule has 1 saturated heterocycles. The molecule has 1 fully saturated rings. The van der Waals surface area contributed by atoms with Gasteiger partial charge in [-0.25, -0.2) is 4.98 Å². The second-order valence-corrected chi connectivity index (χ2v) is 9.34. The number of thiazole rings is 1. The molecule has 0 aliphatic carbocycles. The van der Waals surface area contributed by atoms with Gasteiger partial charge in [0.1, 0.15) is 6.54 Å². The van der Waals surface area contributed by atoms with Crippen LogP contribution < -0.4 is 5.32 Å². The zero-order valence-electron chi connectivity index (χ0n) is 18.9. The zero-order chi connectivity index (χ0) is 23.3. The number of hydrogen-bond acceptors (Lipinski definition) is 7. The lowest BCUT2D eigenvalue weighted by Gasteiger charge is -2.35. The van der Waals surface area contributed by atoms with Crippen LogP contribution in [0, 0.1) is 5.92 Å². The summed E-state index contributed by atoms with van der Waals surface area (Å²) in [4.78, 5) is 45.5. The number of furan rings is 1. The van der Waals surface area contributed by atoms with Gasteiger partial charge in [0.25, 0.3) is 5.91 Å². The van der Waals surface area contributed by atoms with Crippen molar-refractivity contribution in [3.8, 4) is 0 Å². The molecule has 3 heterocycles. The van der Waals surface area contributed by atoms with Crippen LogP contribution in [0.2, 0.25) is 0 Å². The minimum atomic E-state index is -0.353. The SMILES string of the molecule is CC(C)CN(CC(=O)Nc1nc(CC(=O)N2CC(C)OC(C)C2)cs1)C(=O)c1ccco1. The summed E-state index contributed by atoms with van der Waals surface area (Å²) in [5.41, 5.74) is 0.604. The van der Waals surface area contributed by atoms with Gasteiger partial charge in [0.15, 0.2) is 10.9 Å². The Bertz CT molecular complexity index is 917. The largest absolute Gasteiger partial charge is 0.459 e. The maximum atomic E-state index is 12.6. The number of amides is 3. The standard InChI is InChI=1S/C22H30N4O5S/c1-14(2)9-26(21(29)18-6-5-7-30-18)12-19(27)24-22-23-17(13-32-22)8-20(28)25-10-15(3)31-16(4)11-25/h5-7,13-16H,8-12H2,1-4H3,(H,23,24,27). The van der Waals surface area contributed by atoms with Gasteiger partial charge in [-0.05, 0) is 31.9 Å². The minimum absolute atomic E-state index is 0.00524. The summed E-state index contributed by atoms with van der Waals surface area (Å²) in [6.07, 6.45) is 1.61. The summed E-state index contributed by atoms with van der Waals surface area (Å²) in [7, 11) is 0. The number of morpholine rings is 1. The summed E-state index contributed by atoms with van der Waals surface area (Å²) in [5, 5.41) is 4.90. The van der Waals surface area contributed by atoms with Crippen molar-refractivity contribution in [2.45, 2.75) is 46.3 Å². The Labute approximate surface area is 191 Å². The van der Waals surface area contributed by atoms with Gasteiger partial charge < -0.3 is 24.3 Å². The fourth-order valence-electron chi connectivity index (χ4n) is 3.64. The maximum absolute atomic E-state index is 12.6. The molecule has 0 bridgehead atoms. The van der Waals surface area contributed by atoms with Crippen LogP contribution in [-0.4, -0.2) is 70.9 Å². The molecule has 1 aliphatic heterocycles. The van der Waals surface area contributed by atoms with Crippen molar-refractivity contribution in [3.63, 3.8) is 0 Å². The van der Waals surface area contributed by atoms with Gasteiger partial charge >= 0.3 is 0 Å². The molecule has 0 radical (unpaired) electrons. The van der Waals surface area contributed by atoms with Crippen LogP contribution in [0.1, 0.15) is 43.9 Å². The molecule has 2 aromatic heterocycles. The summed E-state index contributed by atoms with van der Waals surface area (Å²) >= 11 is 1.25. The van der Waals surface area contributed by atoms with Gasteiger partial charge in [-0.3, -0.25) is 14.4 Å². The van der Waals surface area contributed by atoms with Crippen LogP contribution in [0.5, 0.6) is 0 Å². The van der Waals surface area contributed by atoms with E-state index in [4.69, 9.17) is 9.15 Å². The molecule has 1 N–H and O–H groups in total. The highest BCUT2D eigenvalue weighted by molar-refractivity contribution is 7.13. The Hall–Kier alpha value is -2.72. The summed E-state index contributed by atoms with van der Waals surface area (Å²) < 4.78 is 10.9. The molecule has 2 aromatic rings. The first-order valence-electron chi connectivity index (χ1n) is 10.7. The van der Waals surface area contributed by atoms with E-state index < -0.39 is 0 Å². The van der Waals surface area contributed by atoms with E-state index in [1.807, 2.05) is 27.7 Å². The van der Waals surface area contributed by atoms with Gasteiger partial charge in [0, 0.05) is 25.0 Å². The van der Waals surface area contributed by atoms with Gasteiger partial charge in [-0.1, -0.05) is 13.8 Å². The number of ether oxygens (including phenoxy) is 1. The Morgan fingerprint density at radius 3 is 2.62 bits per heavy atom. The van der Waals surface area contributed by atoms with Gasteiger partial charge in [0.2, 0.25) is 11.8 Å². The highest BCUT2D eigenvalue weighted by atomic mass is 32.1. The highest BCUT2D eigenvalue weighted by Crippen LogP contribution is 2.18. The average molecular weight is 463 g/mol. The predicted octanol–water partition coefficient (Wildman–Crippen LogP) is 2.65. The van der Waals surface area contributed by atoms with Crippen molar-refractivity contribution in [1.82, 2.24) is 14.8 Å². The molecular formula is C22H30N4O5S.